The third kappa shape index (κ3) is 5.52. The van der Waals surface area contributed by atoms with Gasteiger partial charge in [-0.25, -0.2) is 4.98 Å². The van der Waals surface area contributed by atoms with Crippen LogP contribution in [-0.4, -0.2) is 23.1 Å². The van der Waals surface area contributed by atoms with Gasteiger partial charge in [0.1, 0.15) is 5.82 Å². The van der Waals surface area contributed by atoms with Crippen LogP contribution in [0.5, 0.6) is 0 Å². The third-order valence-corrected chi connectivity index (χ3v) is 2.76. The normalized spacial score (nSPS) is 12.2. The van der Waals surface area contributed by atoms with Crippen molar-refractivity contribution >= 4 is 11.8 Å². The maximum atomic E-state index is 4.34. The van der Waals surface area contributed by atoms with Crippen molar-refractivity contribution in [3.8, 4) is 0 Å². The van der Waals surface area contributed by atoms with E-state index in [-0.39, 0.29) is 0 Å². The van der Waals surface area contributed by atoms with Gasteiger partial charge >= 0.3 is 0 Å². The van der Waals surface area contributed by atoms with Crippen LogP contribution in [0.25, 0.3) is 0 Å². The van der Waals surface area contributed by atoms with Crippen molar-refractivity contribution in [3.05, 3.63) is 12.3 Å². The molecule has 0 amide bonds. The highest BCUT2D eigenvalue weighted by Gasteiger charge is 2.03. The summed E-state index contributed by atoms with van der Waals surface area (Å²) in [6, 6.07) is 2.37. The average Bonchev–Trinajstić information content (AvgIpc) is 2.35. The fraction of sp³-hybridized carbons (Fsp3) is 0.692. The number of hydrogen-bond donors (Lipinski definition) is 2. The van der Waals surface area contributed by atoms with E-state index in [4.69, 9.17) is 0 Å². The van der Waals surface area contributed by atoms with E-state index in [0.717, 1.165) is 5.82 Å². The molecule has 0 aliphatic rings. The van der Waals surface area contributed by atoms with E-state index in [2.05, 4.69) is 34.4 Å². The van der Waals surface area contributed by atoms with Gasteiger partial charge in [0.05, 0.1) is 0 Å². The summed E-state index contributed by atoms with van der Waals surface area (Å²) in [6.07, 6.45) is 8.20. The number of aromatic nitrogens is 2. The Hall–Kier alpha value is -1.32. The molecular formula is C13H24N4. The molecule has 1 aromatic rings. The minimum Gasteiger partial charge on any atom is -0.367 e. The number of unbranched alkanes of at least 4 members (excludes halogenated alkanes) is 3. The zero-order chi connectivity index (χ0) is 12.5. The molecule has 96 valence electrons. The van der Waals surface area contributed by atoms with Crippen molar-refractivity contribution in [2.45, 2.75) is 52.0 Å². The summed E-state index contributed by atoms with van der Waals surface area (Å²) < 4.78 is 0. The molecule has 17 heavy (non-hydrogen) atoms. The Kier molecular flexibility index (Phi) is 6.37. The number of rotatable bonds is 8. The van der Waals surface area contributed by atoms with Gasteiger partial charge in [0.2, 0.25) is 5.95 Å². The molecule has 0 saturated heterocycles. The Morgan fingerprint density at radius 3 is 2.82 bits per heavy atom. The fourth-order valence-electron chi connectivity index (χ4n) is 1.76. The summed E-state index contributed by atoms with van der Waals surface area (Å²) in [6.45, 7) is 4.44. The molecule has 1 unspecified atom stereocenters. The second-order valence-electron chi connectivity index (χ2n) is 4.41. The quantitative estimate of drug-likeness (QED) is 0.680. The Morgan fingerprint density at radius 1 is 1.29 bits per heavy atom. The molecule has 1 atom stereocenters. The first-order valence-electron chi connectivity index (χ1n) is 6.53. The van der Waals surface area contributed by atoms with Gasteiger partial charge in [-0.2, -0.15) is 4.98 Å². The van der Waals surface area contributed by atoms with Gasteiger partial charge in [0, 0.05) is 19.3 Å². The fourth-order valence-corrected chi connectivity index (χ4v) is 1.76. The predicted molar refractivity (Wildman–Crippen MR) is 73.4 cm³/mol. The van der Waals surface area contributed by atoms with Crippen LogP contribution < -0.4 is 10.6 Å². The highest BCUT2D eigenvalue weighted by molar-refractivity contribution is 5.39. The molecule has 0 saturated carbocycles. The van der Waals surface area contributed by atoms with E-state index in [9.17, 15) is 0 Å². The lowest BCUT2D eigenvalue weighted by molar-refractivity contribution is 0.593. The smallest absolute Gasteiger partial charge is 0.224 e. The lowest BCUT2D eigenvalue weighted by Crippen LogP contribution is -2.16. The standard InChI is InChI=1S/C13H24N4/c1-4-5-6-7-8-11(2)16-12-9-10-15-13(14-3)17-12/h9-11H,4-8H2,1-3H3,(H2,14,15,16,17). The van der Waals surface area contributed by atoms with Crippen LogP contribution in [-0.2, 0) is 0 Å². The minimum atomic E-state index is 0.464. The van der Waals surface area contributed by atoms with E-state index in [1.54, 1.807) is 6.20 Å². The van der Waals surface area contributed by atoms with Gasteiger partial charge < -0.3 is 10.6 Å². The molecule has 2 N–H and O–H groups in total. The van der Waals surface area contributed by atoms with Crippen molar-refractivity contribution < 1.29 is 0 Å². The van der Waals surface area contributed by atoms with Crippen LogP contribution in [0.1, 0.15) is 46.0 Å². The topological polar surface area (TPSA) is 49.8 Å². The number of anilines is 2. The maximum absolute atomic E-state index is 4.34. The highest BCUT2D eigenvalue weighted by Crippen LogP contribution is 2.11. The molecule has 0 aromatic carbocycles. The zero-order valence-corrected chi connectivity index (χ0v) is 11.2. The Balaban J connectivity index is 2.31. The maximum Gasteiger partial charge on any atom is 0.224 e. The van der Waals surface area contributed by atoms with Crippen molar-refractivity contribution in [1.29, 1.82) is 0 Å². The molecular weight excluding hydrogens is 212 g/mol. The average molecular weight is 236 g/mol. The second kappa shape index (κ2) is 7.87. The summed E-state index contributed by atoms with van der Waals surface area (Å²) in [5, 5.41) is 6.34. The van der Waals surface area contributed by atoms with Crippen LogP contribution >= 0.6 is 0 Å². The lowest BCUT2D eigenvalue weighted by Gasteiger charge is -2.14. The molecule has 1 rings (SSSR count). The minimum absolute atomic E-state index is 0.464. The molecule has 0 fully saturated rings. The molecule has 0 aliphatic carbocycles. The van der Waals surface area contributed by atoms with Crippen LogP contribution in [0, 0.1) is 0 Å². The summed E-state index contributed by atoms with van der Waals surface area (Å²) in [5.74, 6) is 1.56. The van der Waals surface area contributed by atoms with Crippen molar-refractivity contribution in [2.24, 2.45) is 0 Å². The summed E-state index contributed by atoms with van der Waals surface area (Å²) in [5.41, 5.74) is 0. The number of nitrogens with zero attached hydrogens (tertiary/aromatic N) is 2. The highest BCUT2D eigenvalue weighted by atomic mass is 15.1. The summed E-state index contributed by atoms with van der Waals surface area (Å²) >= 11 is 0. The lowest BCUT2D eigenvalue weighted by atomic mass is 10.1. The van der Waals surface area contributed by atoms with Gasteiger partial charge in [0.25, 0.3) is 0 Å². The Labute approximate surface area is 104 Å². The Morgan fingerprint density at radius 2 is 2.12 bits per heavy atom. The Bertz CT molecular complexity index is 314. The third-order valence-electron chi connectivity index (χ3n) is 2.76. The van der Waals surface area contributed by atoms with Crippen LogP contribution in [0.3, 0.4) is 0 Å². The van der Waals surface area contributed by atoms with E-state index < -0.39 is 0 Å². The van der Waals surface area contributed by atoms with E-state index >= 15 is 0 Å². The van der Waals surface area contributed by atoms with Gasteiger partial charge in [0.15, 0.2) is 0 Å². The zero-order valence-electron chi connectivity index (χ0n) is 11.2. The van der Waals surface area contributed by atoms with Crippen molar-refractivity contribution in [1.82, 2.24) is 9.97 Å². The first kappa shape index (κ1) is 13.7. The molecule has 0 bridgehead atoms. The predicted octanol–water partition coefficient (Wildman–Crippen LogP) is 3.29. The molecule has 4 heteroatoms. The largest absolute Gasteiger partial charge is 0.367 e. The molecule has 0 aliphatic heterocycles. The van der Waals surface area contributed by atoms with Gasteiger partial charge in [-0.3, -0.25) is 0 Å². The molecule has 1 aromatic heterocycles. The van der Waals surface area contributed by atoms with Gasteiger partial charge in [-0.15, -0.1) is 0 Å². The summed E-state index contributed by atoms with van der Waals surface area (Å²) in [7, 11) is 1.83. The first-order chi connectivity index (χ1) is 8.26. The molecule has 0 spiro atoms. The molecule has 1 heterocycles. The van der Waals surface area contributed by atoms with E-state index in [0.29, 0.717) is 12.0 Å². The number of hydrogen-bond acceptors (Lipinski definition) is 4. The van der Waals surface area contributed by atoms with Crippen LogP contribution in [0.2, 0.25) is 0 Å². The number of nitrogens with one attached hydrogen (secondary N) is 2. The van der Waals surface area contributed by atoms with E-state index in [1.807, 2.05) is 13.1 Å². The van der Waals surface area contributed by atoms with Gasteiger partial charge in [-0.05, 0) is 19.4 Å². The molecule has 4 nitrogen and oxygen atoms in total. The van der Waals surface area contributed by atoms with Crippen molar-refractivity contribution in [2.75, 3.05) is 17.7 Å². The van der Waals surface area contributed by atoms with Crippen LogP contribution in [0.15, 0.2) is 12.3 Å². The second-order valence-corrected chi connectivity index (χ2v) is 4.41. The van der Waals surface area contributed by atoms with E-state index in [1.165, 1.54) is 32.1 Å². The van der Waals surface area contributed by atoms with Crippen molar-refractivity contribution in [3.63, 3.8) is 0 Å². The van der Waals surface area contributed by atoms with Gasteiger partial charge in [-0.1, -0.05) is 32.6 Å². The SMILES string of the molecule is CCCCCCC(C)Nc1ccnc(NC)n1. The summed E-state index contributed by atoms with van der Waals surface area (Å²) in [4.78, 5) is 8.43. The monoisotopic (exact) mass is 236 g/mol. The molecule has 0 radical (unpaired) electrons. The van der Waals surface area contributed by atoms with Crippen LogP contribution in [0.4, 0.5) is 11.8 Å². The first-order valence-corrected chi connectivity index (χ1v) is 6.53.